The van der Waals surface area contributed by atoms with Gasteiger partial charge in [0.2, 0.25) is 5.91 Å². The van der Waals surface area contributed by atoms with Gasteiger partial charge in [-0.1, -0.05) is 48.0 Å². The lowest BCUT2D eigenvalue weighted by Gasteiger charge is -2.19. The number of aliphatic hydroxyl groups is 3. The van der Waals surface area contributed by atoms with E-state index in [1.165, 1.54) is 0 Å². The lowest BCUT2D eigenvalue weighted by Crippen LogP contribution is -2.21. The predicted molar refractivity (Wildman–Crippen MR) is 125 cm³/mol. The van der Waals surface area contributed by atoms with Gasteiger partial charge in [0.15, 0.2) is 0 Å². The lowest BCUT2D eigenvalue weighted by molar-refractivity contribution is -0.121. The molecule has 0 bridgehead atoms. The van der Waals surface area contributed by atoms with Crippen molar-refractivity contribution >= 4 is 17.5 Å². The zero-order valence-corrected chi connectivity index (χ0v) is 19.0. The third kappa shape index (κ3) is 9.16. The molecule has 5 unspecified atom stereocenters. The molecule has 0 aromatic heterocycles. The minimum Gasteiger partial charge on any atom is -0.393 e. The molecule has 0 saturated heterocycles. The number of benzene rings is 1. The molecule has 1 saturated carbocycles. The van der Waals surface area contributed by atoms with E-state index in [2.05, 4.69) is 5.32 Å². The summed E-state index contributed by atoms with van der Waals surface area (Å²) in [5.41, 5.74) is 1.08. The summed E-state index contributed by atoms with van der Waals surface area (Å²) < 4.78 is 0. The topological polar surface area (TPSA) is 89.8 Å². The van der Waals surface area contributed by atoms with Crippen molar-refractivity contribution in [1.29, 1.82) is 0 Å². The van der Waals surface area contributed by atoms with Crippen LogP contribution in [0.4, 0.5) is 0 Å². The highest BCUT2D eigenvalue weighted by atomic mass is 35.5. The quantitative estimate of drug-likeness (QED) is 0.288. The maximum atomic E-state index is 11.4. The number of carbonyl (C=O) groups is 1. The first-order valence-corrected chi connectivity index (χ1v) is 11.7. The SMILES string of the molecule is CCNC(=O)CCC/C=C\CC1C(O)CC(O)C1/C=C/C(O)CCc1cccc(Cl)c1. The van der Waals surface area contributed by atoms with Gasteiger partial charge in [0, 0.05) is 30.3 Å². The number of halogens is 1. The van der Waals surface area contributed by atoms with Crippen LogP contribution in [-0.2, 0) is 11.2 Å². The Kier molecular flexibility index (Phi) is 11.3. The number of allylic oxidation sites excluding steroid dienone is 2. The zero-order valence-electron chi connectivity index (χ0n) is 18.3. The van der Waals surface area contributed by atoms with E-state index in [0.717, 1.165) is 18.4 Å². The number of nitrogens with one attached hydrogen (secondary N) is 1. The molecule has 0 heterocycles. The van der Waals surface area contributed by atoms with Gasteiger partial charge < -0.3 is 20.6 Å². The number of aliphatic hydroxyl groups excluding tert-OH is 3. The van der Waals surface area contributed by atoms with Crippen molar-refractivity contribution in [2.75, 3.05) is 6.54 Å². The number of rotatable bonds is 12. The molecule has 172 valence electrons. The Morgan fingerprint density at radius 2 is 2.10 bits per heavy atom. The summed E-state index contributed by atoms with van der Waals surface area (Å²) in [6, 6.07) is 7.60. The highest BCUT2D eigenvalue weighted by molar-refractivity contribution is 6.30. The van der Waals surface area contributed by atoms with E-state index in [-0.39, 0.29) is 17.7 Å². The van der Waals surface area contributed by atoms with Gasteiger partial charge >= 0.3 is 0 Å². The lowest BCUT2D eigenvalue weighted by atomic mass is 9.89. The average Bonchev–Trinajstić information content (AvgIpc) is 3.00. The molecule has 0 aliphatic heterocycles. The van der Waals surface area contributed by atoms with E-state index < -0.39 is 18.3 Å². The number of hydrogen-bond donors (Lipinski definition) is 4. The molecule has 6 heteroatoms. The number of carbonyl (C=O) groups excluding carboxylic acids is 1. The van der Waals surface area contributed by atoms with Crippen molar-refractivity contribution in [2.45, 2.75) is 70.2 Å². The van der Waals surface area contributed by atoms with Crippen LogP contribution in [0.25, 0.3) is 0 Å². The summed E-state index contributed by atoms with van der Waals surface area (Å²) in [5, 5.41) is 34.5. The van der Waals surface area contributed by atoms with Crippen LogP contribution in [0.1, 0.15) is 51.0 Å². The molecule has 0 spiro atoms. The van der Waals surface area contributed by atoms with Crippen molar-refractivity contribution in [3.63, 3.8) is 0 Å². The molecule has 0 radical (unpaired) electrons. The average molecular weight is 450 g/mol. The fourth-order valence-corrected chi connectivity index (χ4v) is 4.32. The molecule has 1 aromatic rings. The molecule has 5 nitrogen and oxygen atoms in total. The van der Waals surface area contributed by atoms with E-state index >= 15 is 0 Å². The van der Waals surface area contributed by atoms with E-state index in [4.69, 9.17) is 11.6 Å². The molecule has 1 aliphatic carbocycles. The van der Waals surface area contributed by atoms with Gasteiger partial charge in [-0.2, -0.15) is 0 Å². The van der Waals surface area contributed by atoms with Gasteiger partial charge in [0.05, 0.1) is 18.3 Å². The third-order valence-electron chi connectivity index (χ3n) is 5.81. The van der Waals surface area contributed by atoms with Crippen LogP contribution in [0.15, 0.2) is 48.6 Å². The van der Waals surface area contributed by atoms with Crippen LogP contribution in [0.3, 0.4) is 0 Å². The highest BCUT2D eigenvalue weighted by Gasteiger charge is 2.39. The van der Waals surface area contributed by atoms with Gasteiger partial charge in [0.1, 0.15) is 0 Å². The van der Waals surface area contributed by atoms with E-state index in [1.54, 1.807) is 6.08 Å². The van der Waals surface area contributed by atoms with Crippen LogP contribution in [-0.4, -0.2) is 46.1 Å². The first-order chi connectivity index (χ1) is 14.9. The van der Waals surface area contributed by atoms with Crippen LogP contribution in [0, 0.1) is 11.8 Å². The second-order valence-electron chi connectivity index (χ2n) is 8.29. The monoisotopic (exact) mass is 449 g/mol. The van der Waals surface area contributed by atoms with Crippen LogP contribution < -0.4 is 5.32 Å². The fraction of sp³-hybridized carbons (Fsp3) is 0.560. The summed E-state index contributed by atoms with van der Waals surface area (Å²) >= 11 is 6.00. The molecule has 1 aliphatic rings. The van der Waals surface area contributed by atoms with Gasteiger partial charge in [-0.05, 0) is 62.6 Å². The summed E-state index contributed by atoms with van der Waals surface area (Å²) in [6.45, 7) is 2.56. The zero-order chi connectivity index (χ0) is 22.6. The Balaban J connectivity index is 1.79. The summed E-state index contributed by atoms with van der Waals surface area (Å²) in [5.74, 6) is -0.189. The molecule has 1 fully saturated rings. The number of amides is 1. The van der Waals surface area contributed by atoms with Crippen LogP contribution >= 0.6 is 11.6 Å². The van der Waals surface area contributed by atoms with Gasteiger partial charge in [0.25, 0.3) is 0 Å². The largest absolute Gasteiger partial charge is 0.393 e. The Morgan fingerprint density at radius 1 is 1.29 bits per heavy atom. The minimum atomic E-state index is -0.616. The van der Waals surface area contributed by atoms with Crippen molar-refractivity contribution < 1.29 is 20.1 Å². The smallest absolute Gasteiger partial charge is 0.219 e. The summed E-state index contributed by atoms with van der Waals surface area (Å²) in [7, 11) is 0. The van der Waals surface area contributed by atoms with Crippen LogP contribution in [0.5, 0.6) is 0 Å². The second-order valence-corrected chi connectivity index (χ2v) is 8.72. The Bertz CT molecular complexity index is 736. The van der Waals surface area contributed by atoms with Gasteiger partial charge in [-0.25, -0.2) is 0 Å². The molecular weight excluding hydrogens is 414 g/mol. The van der Waals surface area contributed by atoms with E-state index in [1.807, 2.05) is 49.4 Å². The minimum absolute atomic E-state index is 0.0735. The molecule has 1 aromatic carbocycles. The number of hydrogen-bond acceptors (Lipinski definition) is 4. The Morgan fingerprint density at radius 3 is 2.84 bits per heavy atom. The first-order valence-electron chi connectivity index (χ1n) is 11.3. The summed E-state index contributed by atoms with van der Waals surface area (Å²) in [6.07, 6.45) is 10.3. The predicted octanol–water partition coefficient (Wildman–Crippen LogP) is 3.80. The fourth-order valence-electron chi connectivity index (χ4n) is 4.10. The molecular formula is C25H36ClNO4. The van der Waals surface area contributed by atoms with Crippen molar-refractivity contribution in [1.82, 2.24) is 5.32 Å². The number of unbranched alkanes of at least 4 members (excludes halogenated alkanes) is 1. The summed E-state index contributed by atoms with van der Waals surface area (Å²) in [4.78, 5) is 11.4. The van der Waals surface area contributed by atoms with Crippen molar-refractivity contribution in [2.24, 2.45) is 11.8 Å². The highest BCUT2D eigenvalue weighted by Crippen LogP contribution is 2.36. The van der Waals surface area contributed by atoms with Crippen molar-refractivity contribution in [3.05, 3.63) is 59.2 Å². The molecule has 2 rings (SSSR count). The van der Waals surface area contributed by atoms with Gasteiger partial charge in [-0.15, -0.1) is 0 Å². The molecule has 1 amide bonds. The van der Waals surface area contributed by atoms with Gasteiger partial charge in [-0.3, -0.25) is 4.79 Å². The maximum absolute atomic E-state index is 11.4. The first kappa shape index (κ1) is 25.6. The maximum Gasteiger partial charge on any atom is 0.219 e. The second kappa shape index (κ2) is 13.7. The van der Waals surface area contributed by atoms with E-state index in [0.29, 0.717) is 43.7 Å². The van der Waals surface area contributed by atoms with Crippen molar-refractivity contribution in [3.8, 4) is 0 Å². The third-order valence-corrected chi connectivity index (χ3v) is 6.05. The number of aryl methyl sites for hydroxylation is 1. The standard InChI is InChI=1S/C25H36ClNO4/c1-2-27-25(31)11-6-4-3-5-10-21-22(24(30)17-23(21)29)15-14-20(28)13-12-18-8-7-9-19(26)16-18/h3,5,7-9,14-16,20-24,28-30H,2,4,6,10-13,17H2,1H3,(H,27,31)/b5-3-,15-14+. The molecule has 31 heavy (non-hydrogen) atoms. The normalized spacial score (nSPS) is 24.8. The Labute approximate surface area is 190 Å². The Hall–Kier alpha value is -1.66. The molecule has 4 N–H and O–H groups in total. The van der Waals surface area contributed by atoms with Crippen LogP contribution in [0.2, 0.25) is 5.02 Å². The molecule has 5 atom stereocenters. The van der Waals surface area contributed by atoms with E-state index in [9.17, 15) is 20.1 Å².